The Hall–Kier alpha value is -2.40. The van der Waals surface area contributed by atoms with Crippen LogP contribution in [0.1, 0.15) is 37.3 Å². The van der Waals surface area contributed by atoms with Crippen molar-refractivity contribution in [2.45, 2.75) is 33.1 Å². The fraction of sp³-hybridized carbons (Fsp3) is 0.300. The van der Waals surface area contributed by atoms with Crippen molar-refractivity contribution in [1.82, 2.24) is 5.32 Å². The minimum atomic E-state index is -0.293. The number of hydrogen-bond donors (Lipinski definition) is 2. The number of thiocarbonyl (C=S) groups is 1. The Bertz CT molecular complexity index is 729. The summed E-state index contributed by atoms with van der Waals surface area (Å²) in [5.74, 6) is 0.771. The Morgan fingerprint density at radius 2 is 1.84 bits per heavy atom. The summed E-state index contributed by atoms with van der Waals surface area (Å²) < 4.78 is 5.45. The summed E-state index contributed by atoms with van der Waals surface area (Å²) in [5.41, 5.74) is 3.24. The molecule has 5 heteroatoms. The van der Waals surface area contributed by atoms with E-state index in [0.29, 0.717) is 11.7 Å². The van der Waals surface area contributed by atoms with Gasteiger partial charge in [0.15, 0.2) is 11.7 Å². The van der Waals surface area contributed by atoms with Gasteiger partial charge in [0.25, 0.3) is 5.91 Å². The monoisotopic (exact) mass is 356 g/mol. The van der Waals surface area contributed by atoms with Gasteiger partial charge in [-0.05, 0) is 55.2 Å². The third-order valence-electron chi connectivity index (χ3n) is 4.00. The third-order valence-corrected chi connectivity index (χ3v) is 4.20. The van der Waals surface area contributed by atoms with E-state index in [2.05, 4.69) is 30.5 Å². The fourth-order valence-corrected chi connectivity index (χ4v) is 2.58. The van der Waals surface area contributed by atoms with Gasteiger partial charge in [0, 0.05) is 5.69 Å². The minimum Gasteiger partial charge on any atom is -0.484 e. The number of ether oxygens (including phenoxy) is 1. The topological polar surface area (TPSA) is 50.4 Å². The number of nitrogens with one attached hydrogen (secondary N) is 2. The Labute approximate surface area is 154 Å². The van der Waals surface area contributed by atoms with E-state index in [1.54, 1.807) is 0 Å². The summed E-state index contributed by atoms with van der Waals surface area (Å²) in [6.07, 6.45) is 1.03. The Morgan fingerprint density at radius 3 is 2.52 bits per heavy atom. The highest BCUT2D eigenvalue weighted by Crippen LogP contribution is 2.26. The smallest absolute Gasteiger partial charge is 0.264 e. The zero-order valence-corrected chi connectivity index (χ0v) is 15.7. The Morgan fingerprint density at radius 1 is 1.16 bits per heavy atom. The quantitative estimate of drug-likeness (QED) is 0.753. The highest BCUT2D eigenvalue weighted by atomic mass is 32.1. The van der Waals surface area contributed by atoms with Gasteiger partial charge >= 0.3 is 0 Å². The first-order chi connectivity index (χ1) is 12.0. The van der Waals surface area contributed by atoms with Crippen molar-refractivity contribution in [3.63, 3.8) is 0 Å². The largest absolute Gasteiger partial charge is 0.484 e. The van der Waals surface area contributed by atoms with Gasteiger partial charge in [-0.1, -0.05) is 49.7 Å². The standard InChI is InChI=1S/C20H24N2O2S/c1-4-15(3)17-7-5-6-8-18(17)21-20(25)22-19(23)13-24-16-11-9-14(2)10-12-16/h5-12,15H,4,13H2,1-3H3,(H2,21,22,23,25). The molecule has 4 nitrogen and oxygen atoms in total. The second-order valence-corrected chi connectivity index (χ2v) is 6.41. The molecular weight excluding hydrogens is 332 g/mol. The molecule has 0 saturated carbocycles. The van der Waals surface area contributed by atoms with Crippen molar-refractivity contribution in [3.8, 4) is 5.75 Å². The number of carbonyl (C=O) groups excluding carboxylic acids is 1. The maximum absolute atomic E-state index is 12.0. The van der Waals surface area contributed by atoms with E-state index in [1.165, 1.54) is 5.56 Å². The van der Waals surface area contributed by atoms with E-state index < -0.39 is 0 Å². The Balaban J connectivity index is 1.87. The lowest BCUT2D eigenvalue weighted by molar-refractivity contribution is -0.121. The molecular formula is C20H24N2O2S. The predicted octanol–water partition coefficient (Wildman–Crippen LogP) is 4.40. The Kier molecular flexibility index (Phi) is 6.95. The molecule has 2 aromatic rings. The molecule has 0 spiro atoms. The summed E-state index contributed by atoms with van der Waals surface area (Å²) in [4.78, 5) is 12.0. The third kappa shape index (κ3) is 5.87. The van der Waals surface area contributed by atoms with Gasteiger partial charge < -0.3 is 10.1 Å². The number of para-hydroxylation sites is 1. The van der Waals surface area contributed by atoms with Crippen molar-refractivity contribution in [1.29, 1.82) is 0 Å². The second-order valence-electron chi connectivity index (χ2n) is 6.00. The van der Waals surface area contributed by atoms with Crippen LogP contribution in [0, 0.1) is 6.92 Å². The lowest BCUT2D eigenvalue weighted by atomic mass is 9.97. The van der Waals surface area contributed by atoms with Crippen LogP contribution < -0.4 is 15.4 Å². The number of rotatable bonds is 6. The number of anilines is 1. The second kappa shape index (κ2) is 9.18. The average Bonchev–Trinajstić information content (AvgIpc) is 2.61. The molecule has 2 aromatic carbocycles. The van der Waals surface area contributed by atoms with Gasteiger partial charge in [-0.3, -0.25) is 10.1 Å². The van der Waals surface area contributed by atoms with Crippen molar-refractivity contribution < 1.29 is 9.53 Å². The molecule has 0 aliphatic rings. The van der Waals surface area contributed by atoms with E-state index >= 15 is 0 Å². The summed E-state index contributed by atoms with van der Waals surface area (Å²) in [6.45, 7) is 6.22. The van der Waals surface area contributed by atoms with Crippen LogP contribution >= 0.6 is 12.2 Å². The van der Waals surface area contributed by atoms with E-state index in [4.69, 9.17) is 17.0 Å². The van der Waals surface area contributed by atoms with Crippen LogP contribution in [-0.2, 0) is 4.79 Å². The number of benzene rings is 2. The van der Waals surface area contributed by atoms with Gasteiger partial charge in [0.05, 0.1) is 0 Å². The van der Waals surface area contributed by atoms with Crippen molar-refractivity contribution in [3.05, 3.63) is 59.7 Å². The van der Waals surface area contributed by atoms with E-state index in [1.807, 2.05) is 49.4 Å². The van der Waals surface area contributed by atoms with Crippen LogP contribution in [0.2, 0.25) is 0 Å². The molecule has 0 saturated heterocycles. The molecule has 0 radical (unpaired) electrons. The van der Waals surface area contributed by atoms with Crippen LogP contribution in [0.15, 0.2) is 48.5 Å². The van der Waals surface area contributed by atoms with Crippen molar-refractivity contribution >= 4 is 28.9 Å². The number of amides is 1. The molecule has 0 heterocycles. The van der Waals surface area contributed by atoms with Gasteiger partial charge in [-0.25, -0.2) is 0 Å². The zero-order chi connectivity index (χ0) is 18.2. The number of aryl methyl sites for hydroxylation is 1. The molecule has 25 heavy (non-hydrogen) atoms. The summed E-state index contributed by atoms with van der Waals surface area (Å²) in [7, 11) is 0. The number of carbonyl (C=O) groups is 1. The molecule has 0 fully saturated rings. The maximum Gasteiger partial charge on any atom is 0.264 e. The maximum atomic E-state index is 12.0. The van der Waals surface area contributed by atoms with Gasteiger partial charge in [0.1, 0.15) is 5.75 Å². The number of hydrogen-bond acceptors (Lipinski definition) is 3. The van der Waals surface area contributed by atoms with Gasteiger partial charge in [-0.15, -0.1) is 0 Å². The molecule has 132 valence electrons. The van der Waals surface area contributed by atoms with Crippen LogP contribution in [0.4, 0.5) is 5.69 Å². The van der Waals surface area contributed by atoms with E-state index in [-0.39, 0.29) is 17.6 Å². The SMILES string of the molecule is CCC(C)c1ccccc1NC(=S)NC(=O)COc1ccc(C)cc1. The first-order valence-corrected chi connectivity index (χ1v) is 8.79. The van der Waals surface area contributed by atoms with Gasteiger partial charge in [0.2, 0.25) is 0 Å². The highest BCUT2D eigenvalue weighted by molar-refractivity contribution is 7.80. The van der Waals surface area contributed by atoms with E-state index in [9.17, 15) is 4.79 Å². The van der Waals surface area contributed by atoms with Crippen LogP contribution in [-0.4, -0.2) is 17.6 Å². The minimum absolute atomic E-state index is 0.0854. The average molecular weight is 356 g/mol. The lowest BCUT2D eigenvalue weighted by Crippen LogP contribution is -2.37. The molecule has 0 aliphatic heterocycles. The molecule has 1 atom stereocenters. The van der Waals surface area contributed by atoms with Crippen LogP contribution in [0.25, 0.3) is 0 Å². The highest BCUT2D eigenvalue weighted by Gasteiger charge is 2.11. The first kappa shape index (κ1) is 18.9. The normalized spacial score (nSPS) is 11.5. The first-order valence-electron chi connectivity index (χ1n) is 8.38. The fourth-order valence-electron chi connectivity index (χ4n) is 2.36. The summed E-state index contributed by atoms with van der Waals surface area (Å²) in [6, 6.07) is 15.5. The molecule has 0 aliphatic carbocycles. The summed E-state index contributed by atoms with van der Waals surface area (Å²) >= 11 is 5.24. The molecule has 2 N–H and O–H groups in total. The van der Waals surface area contributed by atoms with Crippen molar-refractivity contribution in [2.24, 2.45) is 0 Å². The molecule has 0 aromatic heterocycles. The molecule has 2 rings (SSSR count). The van der Waals surface area contributed by atoms with Gasteiger partial charge in [-0.2, -0.15) is 0 Å². The summed E-state index contributed by atoms with van der Waals surface area (Å²) in [5, 5.41) is 6.03. The van der Waals surface area contributed by atoms with E-state index in [0.717, 1.165) is 17.7 Å². The molecule has 1 amide bonds. The van der Waals surface area contributed by atoms with Crippen LogP contribution in [0.3, 0.4) is 0 Å². The van der Waals surface area contributed by atoms with Crippen LogP contribution in [0.5, 0.6) is 5.75 Å². The van der Waals surface area contributed by atoms with Crippen molar-refractivity contribution in [2.75, 3.05) is 11.9 Å². The zero-order valence-electron chi connectivity index (χ0n) is 14.8. The molecule has 0 bridgehead atoms. The predicted molar refractivity (Wildman–Crippen MR) is 106 cm³/mol. The lowest BCUT2D eigenvalue weighted by Gasteiger charge is -2.17. The molecule has 1 unspecified atom stereocenters.